The van der Waals surface area contributed by atoms with Gasteiger partial charge in [-0.1, -0.05) is 91.0 Å². The van der Waals surface area contributed by atoms with Crippen LogP contribution >= 0.6 is 0 Å². The fourth-order valence-corrected chi connectivity index (χ4v) is 9.20. The molecule has 3 aromatic heterocycles. The zero-order chi connectivity index (χ0) is 37.7. The molecule has 3 aromatic carbocycles. The van der Waals surface area contributed by atoms with Crippen LogP contribution in [-0.2, 0) is 15.1 Å². The van der Waals surface area contributed by atoms with Gasteiger partial charge in [-0.05, 0) is 67.2 Å². The van der Waals surface area contributed by atoms with E-state index in [9.17, 15) is 4.79 Å². The second-order valence-corrected chi connectivity index (χ2v) is 14.9. The maximum atomic E-state index is 16.8. The summed E-state index contributed by atoms with van der Waals surface area (Å²) in [5.41, 5.74) is 2.23. The van der Waals surface area contributed by atoms with Gasteiger partial charge in [-0.3, -0.25) is 4.79 Å². The number of carbonyl (C=O) groups excluding carboxylic acids is 1. The Hall–Kier alpha value is -6.02. The first-order valence-corrected chi connectivity index (χ1v) is 19.0. The van der Waals surface area contributed by atoms with Crippen molar-refractivity contribution in [3.8, 4) is 11.5 Å². The number of carbonyl (C=O) groups is 1. The molecule has 11 heteroatoms. The minimum atomic E-state index is -1.10. The van der Waals surface area contributed by atoms with E-state index in [2.05, 4.69) is 15.1 Å². The molecule has 1 N–H and O–H groups in total. The normalized spacial score (nSPS) is 22.9. The molecule has 0 amide bonds. The number of nitrogens with one attached hydrogen (secondary N) is 1. The second kappa shape index (κ2) is 14.0. The largest absolute Gasteiger partial charge is 0.466 e. The summed E-state index contributed by atoms with van der Waals surface area (Å²) < 4.78 is 39.5. The average Bonchev–Trinajstić information content (AvgIpc) is 3.93. The van der Waals surface area contributed by atoms with Crippen LogP contribution in [-0.4, -0.2) is 49.4 Å². The quantitative estimate of drug-likeness (QED) is 0.0856. The maximum absolute atomic E-state index is 16.8. The van der Waals surface area contributed by atoms with Crippen molar-refractivity contribution in [2.24, 2.45) is 17.8 Å². The molecule has 4 saturated carbocycles. The van der Waals surface area contributed by atoms with E-state index in [4.69, 9.17) is 26.4 Å². The molecule has 55 heavy (non-hydrogen) atoms. The van der Waals surface area contributed by atoms with Crippen LogP contribution in [0.3, 0.4) is 0 Å². The second-order valence-electron chi connectivity index (χ2n) is 14.9. The van der Waals surface area contributed by atoms with Crippen molar-refractivity contribution in [1.29, 1.82) is 0 Å². The summed E-state index contributed by atoms with van der Waals surface area (Å²) in [6.45, 7) is 9.74. The Morgan fingerprint density at radius 2 is 1.51 bits per heavy atom. The average molecular weight is 736 g/mol. The fourth-order valence-electron chi connectivity index (χ4n) is 9.20. The van der Waals surface area contributed by atoms with Gasteiger partial charge in [0.05, 0.1) is 35.7 Å². The van der Waals surface area contributed by atoms with Gasteiger partial charge in [0.25, 0.3) is 0 Å². The molecular weight excluding hydrogens is 697 g/mol. The number of esters is 1. The molecule has 4 aliphatic rings. The molecule has 0 radical (unpaired) electrons. The Bertz CT molecular complexity index is 2310. The molecule has 4 fully saturated rings. The summed E-state index contributed by atoms with van der Waals surface area (Å²) in [6.07, 6.45) is 5.27. The first-order chi connectivity index (χ1) is 26.9. The van der Waals surface area contributed by atoms with E-state index in [0.29, 0.717) is 17.5 Å². The summed E-state index contributed by atoms with van der Waals surface area (Å²) >= 11 is 0. The van der Waals surface area contributed by atoms with Gasteiger partial charge < -0.3 is 14.9 Å². The Balaban J connectivity index is 1.28. The predicted octanol–water partition coefficient (Wildman–Crippen LogP) is 8.56. The molecule has 0 aliphatic heterocycles. The van der Waals surface area contributed by atoms with Crippen LogP contribution < -0.4 is 5.32 Å². The lowest BCUT2D eigenvalue weighted by Gasteiger charge is -2.47. The van der Waals surface area contributed by atoms with Gasteiger partial charge in [-0.25, -0.2) is 35.0 Å². The third kappa shape index (κ3) is 5.82. The number of anilines is 1. The summed E-state index contributed by atoms with van der Waals surface area (Å²) in [5, 5.41) is 8.99. The number of hydrogen-bond donors (Lipinski definition) is 1. The van der Waals surface area contributed by atoms with E-state index in [0.717, 1.165) is 48.6 Å². The summed E-state index contributed by atoms with van der Waals surface area (Å²) in [7, 11) is 0. The fraction of sp³-hybridized carbons (Fsp3) is 0.318. The van der Waals surface area contributed by atoms with E-state index >= 15 is 8.78 Å². The van der Waals surface area contributed by atoms with Crippen LogP contribution in [0, 0.1) is 36.0 Å². The van der Waals surface area contributed by atoms with Gasteiger partial charge in [0.15, 0.2) is 23.1 Å². The van der Waals surface area contributed by atoms with E-state index in [1.54, 1.807) is 11.6 Å². The molecule has 0 saturated heterocycles. The SMILES string of the molecule is [C-]#[N+]C1CC1c1nc(-c2nn(C(c3ccccc3)(c3ccccc3)c3ccccc3)c3ncc(F)cc23)nc(N[C@H]2C3CCC(CC3)[C@@H]2C(=O)OCC)c1F. The van der Waals surface area contributed by atoms with Crippen LogP contribution in [0.25, 0.3) is 27.4 Å². The predicted molar refractivity (Wildman–Crippen MR) is 204 cm³/mol. The van der Waals surface area contributed by atoms with E-state index in [1.807, 2.05) is 91.0 Å². The van der Waals surface area contributed by atoms with Crippen molar-refractivity contribution in [2.75, 3.05) is 11.9 Å². The van der Waals surface area contributed by atoms with Crippen LogP contribution in [0.2, 0.25) is 0 Å². The Morgan fingerprint density at radius 3 is 2.07 bits per heavy atom. The van der Waals surface area contributed by atoms with Crippen molar-refractivity contribution in [1.82, 2.24) is 24.7 Å². The summed E-state index contributed by atoms with van der Waals surface area (Å²) in [5.74, 6) is -2.15. The number of hydrogen-bond acceptors (Lipinski definition) is 7. The number of benzene rings is 3. The molecule has 2 bridgehead atoms. The third-order valence-corrected chi connectivity index (χ3v) is 11.8. The molecule has 4 atom stereocenters. The van der Waals surface area contributed by atoms with Crippen LogP contribution in [0.4, 0.5) is 14.6 Å². The van der Waals surface area contributed by atoms with E-state index in [-0.39, 0.29) is 47.4 Å². The van der Waals surface area contributed by atoms with Gasteiger partial charge >= 0.3 is 5.97 Å². The minimum absolute atomic E-state index is 0.0602. The molecule has 9 nitrogen and oxygen atoms in total. The maximum Gasteiger partial charge on any atom is 0.311 e. The molecular formula is C44H39F2N7O2. The molecule has 3 heterocycles. The lowest BCUT2D eigenvalue weighted by molar-refractivity contribution is -0.154. The number of aromatic nitrogens is 5. The molecule has 4 aliphatic carbocycles. The van der Waals surface area contributed by atoms with Crippen LogP contribution in [0.5, 0.6) is 0 Å². The lowest BCUT2D eigenvalue weighted by Crippen LogP contribution is -2.52. The summed E-state index contributed by atoms with van der Waals surface area (Å²) in [4.78, 5) is 31.3. The molecule has 6 aromatic rings. The van der Waals surface area contributed by atoms with Crippen LogP contribution in [0.1, 0.15) is 67.3 Å². The highest BCUT2D eigenvalue weighted by atomic mass is 19.1. The number of fused-ring (bicyclic) bond motifs is 4. The van der Waals surface area contributed by atoms with Gasteiger partial charge in [-0.15, -0.1) is 0 Å². The van der Waals surface area contributed by atoms with E-state index < -0.39 is 41.1 Å². The zero-order valence-corrected chi connectivity index (χ0v) is 30.3. The number of rotatable bonds is 10. The van der Waals surface area contributed by atoms with Gasteiger partial charge in [0, 0.05) is 12.5 Å². The first kappa shape index (κ1) is 34.7. The molecule has 10 rings (SSSR count). The standard InChI is InChI=1S/C44H39F2N7O2/c1-3-55-43(54)35-26-19-21-27(22-20-26)37(35)49-40-36(46)38(32-24-34(32)47-2)50-41(51-40)39-33-23-31(45)25-48-42(33)53(52-39)44(28-13-7-4-8-14-28,29-15-9-5-10-16-29)30-17-11-6-12-18-30/h4-18,23,25-27,32,34-35,37H,3,19-22,24H2,1H3,(H,49,50,51)/t26?,27?,32?,34?,35-,37-/m0/s1. The topological polar surface area (TPSA) is 99.2 Å². The van der Waals surface area contributed by atoms with Crippen molar-refractivity contribution in [3.63, 3.8) is 0 Å². The number of halogens is 2. The Labute approximate surface area is 317 Å². The number of nitrogens with zero attached hydrogens (tertiary/aromatic N) is 6. The smallest absolute Gasteiger partial charge is 0.311 e. The third-order valence-electron chi connectivity index (χ3n) is 11.8. The highest BCUT2D eigenvalue weighted by Gasteiger charge is 2.51. The molecule has 276 valence electrons. The van der Waals surface area contributed by atoms with Gasteiger partial charge in [0.1, 0.15) is 17.1 Å². The minimum Gasteiger partial charge on any atom is -0.466 e. The van der Waals surface area contributed by atoms with Gasteiger partial charge in [-0.2, -0.15) is 5.10 Å². The van der Waals surface area contributed by atoms with Crippen molar-refractivity contribution in [2.45, 2.75) is 62.6 Å². The Kier molecular flexibility index (Phi) is 8.84. The molecule has 2 unspecified atom stereocenters. The van der Waals surface area contributed by atoms with E-state index in [1.165, 1.54) is 6.07 Å². The van der Waals surface area contributed by atoms with Crippen LogP contribution in [0.15, 0.2) is 103 Å². The monoisotopic (exact) mass is 735 g/mol. The lowest BCUT2D eigenvalue weighted by atomic mass is 9.61. The number of ether oxygens (including phenoxy) is 1. The van der Waals surface area contributed by atoms with Crippen molar-refractivity contribution in [3.05, 3.63) is 149 Å². The zero-order valence-electron chi connectivity index (χ0n) is 30.3. The summed E-state index contributed by atoms with van der Waals surface area (Å²) in [6, 6.07) is 30.4. The van der Waals surface area contributed by atoms with Gasteiger partial charge in [0.2, 0.25) is 6.04 Å². The first-order valence-electron chi connectivity index (χ1n) is 19.0. The van der Waals surface area contributed by atoms with Crippen molar-refractivity contribution >= 4 is 22.8 Å². The highest BCUT2D eigenvalue weighted by Crippen LogP contribution is 2.49. The van der Waals surface area contributed by atoms with Crippen molar-refractivity contribution < 1.29 is 18.3 Å². The molecule has 0 spiro atoms. The number of pyridine rings is 1. The Morgan fingerprint density at radius 1 is 0.909 bits per heavy atom. The highest BCUT2D eigenvalue weighted by molar-refractivity contribution is 5.90.